The highest BCUT2D eigenvalue weighted by Gasteiger charge is 2.16. The number of anilines is 1. The third-order valence-electron chi connectivity index (χ3n) is 5.64. The average molecular weight is 476 g/mol. The van der Waals surface area contributed by atoms with Crippen molar-refractivity contribution < 1.29 is 13.5 Å². The van der Waals surface area contributed by atoms with E-state index in [9.17, 15) is 8.78 Å². The smallest absolute Gasteiger partial charge is 0.186 e. The Balaban J connectivity index is 1.31. The number of hydrogen-bond donors (Lipinski definition) is 1. The molecule has 5 rings (SSSR count). The van der Waals surface area contributed by atoms with Gasteiger partial charge in [0, 0.05) is 24.5 Å². The molecule has 3 aromatic heterocycles. The van der Waals surface area contributed by atoms with E-state index in [0.29, 0.717) is 29.9 Å². The van der Waals surface area contributed by atoms with Crippen molar-refractivity contribution >= 4 is 16.9 Å². The molecule has 3 heterocycles. The van der Waals surface area contributed by atoms with Gasteiger partial charge >= 0.3 is 0 Å². The summed E-state index contributed by atoms with van der Waals surface area (Å²) in [7, 11) is 1.34. The van der Waals surface area contributed by atoms with Gasteiger partial charge in [-0.05, 0) is 35.7 Å². The normalized spacial score (nSPS) is 11.2. The third kappa shape index (κ3) is 4.81. The lowest BCUT2D eigenvalue weighted by Crippen LogP contribution is -2.07. The number of nitrogens with one attached hydrogen (secondary N) is 1. The first-order valence-electron chi connectivity index (χ1n) is 11.0. The molecular weight excluding hydrogens is 452 g/mol. The van der Waals surface area contributed by atoms with Gasteiger partial charge in [0.1, 0.15) is 18.0 Å². The van der Waals surface area contributed by atoms with Crippen LogP contribution >= 0.6 is 0 Å². The summed E-state index contributed by atoms with van der Waals surface area (Å²) < 4.78 is 37.3. The predicted octanol–water partition coefficient (Wildman–Crippen LogP) is 4.33. The van der Waals surface area contributed by atoms with Gasteiger partial charge in [-0.2, -0.15) is 10.2 Å². The summed E-state index contributed by atoms with van der Waals surface area (Å²) in [5.74, 6) is -0.989. The van der Waals surface area contributed by atoms with Crippen molar-refractivity contribution in [3.05, 3.63) is 95.2 Å². The van der Waals surface area contributed by atoms with Crippen LogP contribution in [-0.4, -0.2) is 36.6 Å². The number of ether oxygens (including phenoxy) is 1. The first kappa shape index (κ1) is 22.5. The summed E-state index contributed by atoms with van der Waals surface area (Å²) in [5.41, 5.74) is 3.70. The summed E-state index contributed by atoms with van der Waals surface area (Å²) in [6, 6.07) is 10.7. The number of fused-ring (bicyclic) bond motifs is 1. The molecule has 0 saturated carbocycles. The second-order valence-electron chi connectivity index (χ2n) is 8.21. The highest BCUT2D eigenvalue weighted by Crippen LogP contribution is 2.25. The Hall–Kier alpha value is -4.34. The lowest BCUT2D eigenvalue weighted by molar-refractivity contribution is 0.381. The van der Waals surface area contributed by atoms with Crippen LogP contribution in [0.3, 0.4) is 0 Å². The molecule has 0 spiro atoms. The molecular formula is C25H23F2N7O. The largest absolute Gasteiger partial charge is 0.494 e. The molecule has 5 aromatic rings. The third-order valence-corrected chi connectivity index (χ3v) is 5.64. The van der Waals surface area contributed by atoms with Crippen molar-refractivity contribution in [2.24, 2.45) is 0 Å². The van der Waals surface area contributed by atoms with Crippen molar-refractivity contribution in [3.63, 3.8) is 0 Å². The van der Waals surface area contributed by atoms with E-state index in [1.807, 2.05) is 30.2 Å². The number of hydrogen-bond acceptors (Lipinski definition) is 6. The fourth-order valence-electron chi connectivity index (χ4n) is 3.85. The van der Waals surface area contributed by atoms with Crippen molar-refractivity contribution in [3.8, 4) is 5.75 Å². The van der Waals surface area contributed by atoms with Crippen LogP contribution in [0, 0.1) is 18.6 Å². The van der Waals surface area contributed by atoms with Crippen LogP contribution in [0.4, 0.5) is 14.6 Å². The summed E-state index contributed by atoms with van der Waals surface area (Å²) in [6.07, 6.45) is 7.03. The maximum absolute atomic E-state index is 14.5. The molecule has 0 unspecified atom stereocenters. The van der Waals surface area contributed by atoms with Gasteiger partial charge in [0.15, 0.2) is 17.2 Å². The Bertz CT molecular complexity index is 1480. The molecule has 0 aliphatic rings. The molecule has 0 atom stereocenters. The monoisotopic (exact) mass is 475 g/mol. The van der Waals surface area contributed by atoms with Gasteiger partial charge in [-0.15, -0.1) is 0 Å². The van der Waals surface area contributed by atoms with Gasteiger partial charge in [-0.25, -0.2) is 18.7 Å². The molecule has 1 N–H and O–H groups in total. The van der Waals surface area contributed by atoms with Crippen LogP contribution in [0.5, 0.6) is 5.75 Å². The fourth-order valence-corrected chi connectivity index (χ4v) is 3.85. The number of benzene rings is 2. The van der Waals surface area contributed by atoms with Gasteiger partial charge in [0.25, 0.3) is 0 Å². The number of methoxy groups -OCH3 is 1. The Morgan fingerprint density at radius 3 is 2.37 bits per heavy atom. The van der Waals surface area contributed by atoms with Crippen molar-refractivity contribution in [1.29, 1.82) is 0 Å². The zero-order valence-electron chi connectivity index (χ0n) is 19.2. The molecule has 0 aliphatic heterocycles. The fraction of sp³-hybridized carbons (Fsp3) is 0.200. The van der Waals surface area contributed by atoms with Crippen LogP contribution in [0.2, 0.25) is 0 Å². The van der Waals surface area contributed by atoms with Crippen molar-refractivity contribution in [2.45, 2.75) is 26.6 Å². The van der Waals surface area contributed by atoms with Crippen LogP contribution in [0.1, 0.15) is 22.3 Å². The first-order valence-corrected chi connectivity index (χ1v) is 11.0. The zero-order chi connectivity index (χ0) is 24.4. The average Bonchev–Trinajstić information content (AvgIpc) is 3.46. The maximum Gasteiger partial charge on any atom is 0.186 e. The minimum Gasteiger partial charge on any atom is -0.494 e. The molecule has 178 valence electrons. The Morgan fingerprint density at radius 1 is 0.943 bits per heavy atom. The lowest BCUT2D eigenvalue weighted by Gasteiger charge is -2.10. The van der Waals surface area contributed by atoms with Crippen LogP contribution in [-0.2, 0) is 19.6 Å². The van der Waals surface area contributed by atoms with E-state index in [2.05, 4.69) is 49.7 Å². The molecule has 0 saturated heterocycles. The minimum absolute atomic E-state index is 0.0189. The molecule has 0 bridgehead atoms. The standard InChI is InChI=1S/C25H23F2N7O/c1-16-9-31-33(11-16)12-17-3-5-18(6-4-17)13-34-14-20-24(29-15-30-25(20)32-34)28-10-19-21(26)7-8-22(35-2)23(19)27/h3-9,11,14-15H,10,12-13H2,1-2H3,(H,28,29,30,32). The van der Waals surface area contributed by atoms with Gasteiger partial charge in [0.05, 0.1) is 31.8 Å². The Labute approximate surface area is 200 Å². The molecule has 10 heteroatoms. The number of halogens is 2. The summed E-state index contributed by atoms with van der Waals surface area (Å²) in [6.45, 7) is 3.15. The summed E-state index contributed by atoms with van der Waals surface area (Å²) in [5, 5.41) is 12.5. The van der Waals surface area contributed by atoms with E-state index in [4.69, 9.17) is 4.74 Å². The van der Waals surface area contributed by atoms with Crippen LogP contribution in [0.15, 0.2) is 61.3 Å². The number of nitrogens with zero attached hydrogens (tertiary/aromatic N) is 6. The van der Waals surface area contributed by atoms with E-state index < -0.39 is 11.6 Å². The van der Waals surface area contributed by atoms with Gasteiger partial charge in [0.2, 0.25) is 0 Å². The quantitative estimate of drug-likeness (QED) is 0.360. The lowest BCUT2D eigenvalue weighted by atomic mass is 10.1. The molecule has 0 radical (unpaired) electrons. The predicted molar refractivity (Wildman–Crippen MR) is 127 cm³/mol. The maximum atomic E-state index is 14.5. The Morgan fingerprint density at radius 2 is 1.69 bits per heavy atom. The van der Waals surface area contributed by atoms with Gasteiger partial charge in [-0.3, -0.25) is 9.36 Å². The van der Waals surface area contributed by atoms with E-state index in [1.54, 1.807) is 4.68 Å². The van der Waals surface area contributed by atoms with E-state index in [-0.39, 0.29) is 17.9 Å². The molecule has 0 fully saturated rings. The number of aryl methyl sites for hydroxylation is 1. The number of rotatable bonds is 8. The minimum atomic E-state index is -0.743. The van der Waals surface area contributed by atoms with E-state index in [1.165, 1.54) is 25.6 Å². The van der Waals surface area contributed by atoms with E-state index in [0.717, 1.165) is 16.7 Å². The molecule has 8 nitrogen and oxygen atoms in total. The molecule has 2 aromatic carbocycles. The molecule has 35 heavy (non-hydrogen) atoms. The molecule has 0 aliphatic carbocycles. The second kappa shape index (κ2) is 9.49. The topological polar surface area (TPSA) is 82.7 Å². The van der Waals surface area contributed by atoms with Gasteiger partial charge < -0.3 is 10.1 Å². The van der Waals surface area contributed by atoms with Crippen molar-refractivity contribution in [2.75, 3.05) is 12.4 Å². The van der Waals surface area contributed by atoms with E-state index >= 15 is 0 Å². The molecule has 0 amide bonds. The summed E-state index contributed by atoms with van der Waals surface area (Å²) >= 11 is 0. The SMILES string of the molecule is COc1ccc(F)c(CNc2ncnc3nn(Cc4ccc(Cn5cc(C)cn5)cc4)cc23)c1F. The first-order chi connectivity index (χ1) is 17.0. The zero-order valence-corrected chi connectivity index (χ0v) is 19.2. The second-order valence-corrected chi connectivity index (χ2v) is 8.21. The highest BCUT2D eigenvalue weighted by atomic mass is 19.1. The van der Waals surface area contributed by atoms with Crippen LogP contribution in [0.25, 0.3) is 11.0 Å². The Kier molecular flexibility index (Phi) is 6.09. The van der Waals surface area contributed by atoms with Gasteiger partial charge in [-0.1, -0.05) is 24.3 Å². The summed E-state index contributed by atoms with van der Waals surface area (Å²) in [4.78, 5) is 8.46. The highest BCUT2D eigenvalue weighted by molar-refractivity contribution is 5.85. The van der Waals surface area contributed by atoms with Crippen LogP contribution < -0.4 is 10.1 Å². The van der Waals surface area contributed by atoms with Crippen molar-refractivity contribution in [1.82, 2.24) is 29.5 Å². The number of aromatic nitrogens is 6.